The number of hydrogen-bond donors (Lipinski definition) is 2. The van der Waals surface area contributed by atoms with Gasteiger partial charge in [-0.1, -0.05) is 23.9 Å². The number of rotatable bonds is 9. The molecule has 2 heterocycles. The van der Waals surface area contributed by atoms with Crippen LogP contribution in [0.15, 0.2) is 47.0 Å². The van der Waals surface area contributed by atoms with Crippen LogP contribution >= 0.6 is 11.8 Å². The molecule has 0 fully saturated rings. The van der Waals surface area contributed by atoms with Crippen molar-refractivity contribution in [2.75, 3.05) is 11.3 Å². The first-order chi connectivity index (χ1) is 14.7. The molecule has 2 aromatic heterocycles. The Morgan fingerprint density at radius 3 is 2.77 bits per heavy atom. The molecule has 31 heavy (non-hydrogen) atoms. The fourth-order valence-electron chi connectivity index (χ4n) is 2.42. The Bertz CT molecular complexity index is 1170. The monoisotopic (exact) mass is 471 g/mol. The lowest BCUT2D eigenvalue weighted by molar-refractivity contribution is 0.124. The van der Waals surface area contributed by atoms with Crippen LogP contribution in [-0.4, -0.2) is 45.8 Å². The van der Waals surface area contributed by atoms with E-state index >= 15 is 0 Å². The molecule has 0 saturated carbocycles. The molecule has 3 rings (SSSR count). The maximum atomic E-state index is 13.9. The van der Waals surface area contributed by atoms with Gasteiger partial charge in [-0.05, 0) is 13.0 Å². The molecular weight excluding hydrogens is 452 g/mol. The van der Waals surface area contributed by atoms with E-state index in [0.29, 0.717) is 0 Å². The van der Waals surface area contributed by atoms with Crippen molar-refractivity contribution in [3.05, 3.63) is 53.9 Å². The smallest absolute Gasteiger partial charge is 0.297 e. The van der Waals surface area contributed by atoms with E-state index in [1.807, 2.05) is 0 Å². The number of anilines is 1. The first-order valence-corrected chi connectivity index (χ1v) is 11.4. The number of thioether (sulfide) groups is 1. The zero-order valence-electron chi connectivity index (χ0n) is 16.5. The highest BCUT2D eigenvalue weighted by atomic mass is 32.2. The first kappa shape index (κ1) is 22.9. The number of aliphatic hydroxyl groups is 1. The summed E-state index contributed by atoms with van der Waals surface area (Å²) in [6, 6.07) is 5.06. The fourth-order valence-corrected chi connectivity index (χ4v) is 4.36. The summed E-state index contributed by atoms with van der Waals surface area (Å²) in [4.78, 5) is 12.1. The maximum absolute atomic E-state index is 13.9. The van der Waals surface area contributed by atoms with Crippen molar-refractivity contribution < 1.29 is 27.0 Å². The Labute approximate surface area is 181 Å². The number of hydrogen-bond acceptors (Lipinski definition) is 8. The Kier molecular flexibility index (Phi) is 7.08. The second kappa shape index (κ2) is 9.58. The number of ether oxygens (including phenoxy) is 1. The van der Waals surface area contributed by atoms with Gasteiger partial charge in [0.25, 0.3) is 10.0 Å². The van der Waals surface area contributed by atoms with Crippen LogP contribution in [0, 0.1) is 11.6 Å². The van der Waals surface area contributed by atoms with E-state index in [1.54, 1.807) is 6.92 Å². The number of aryl methyl sites for hydroxylation is 1. The van der Waals surface area contributed by atoms with Crippen LogP contribution in [0.25, 0.3) is 0 Å². The van der Waals surface area contributed by atoms with Crippen molar-refractivity contribution in [3.63, 3.8) is 0 Å². The highest BCUT2D eigenvalue weighted by molar-refractivity contribution is 7.98. The second-order valence-corrected chi connectivity index (χ2v) is 8.93. The molecule has 3 aromatic rings. The van der Waals surface area contributed by atoms with Crippen molar-refractivity contribution in [2.24, 2.45) is 7.05 Å². The third-order valence-corrected chi connectivity index (χ3v) is 6.15. The molecule has 0 aliphatic rings. The van der Waals surface area contributed by atoms with E-state index in [1.165, 1.54) is 42.2 Å². The van der Waals surface area contributed by atoms with Crippen LogP contribution < -0.4 is 9.46 Å². The molecule has 166 valence electrons. The summed E-state index contributed by atoms with van der Waals surface area (Å²) < 4.78 is 61.6. The quantitative estimate of drug-likeness (QED) is 0.361. The summed E-state index contributed by atoms with van der Waals surface area (Å²) in [6.07, 6.45) is 2.19. The lowest BCUT2D eigenvalue weighted by Gasteiger charge is -2.14. The molecule has 13 heteroatoms. The SMILES string of the molecule is C[C@H](CO)Oc1cc(NS(=O)(=O)c2nccn2C)nc(SCc2cccc(F)c2F)n1. The highest BCUT2D eigenvalue weighted by Gasteiger charge is 2.21. The van der Waals surface area contributed by atoms with E-state index in [4.69, 9.17) is 4.74 Å². The van der Waals surface area contributed by atoms with Crippen molar-refractivity contribution >= 4 is 27.6 Å². The molecule has 0 aliphatic heterocycles. The largest absolute Gasteiger partial charge is 0.472 e. The maximum Gasteiger partial charge on any atom is 0.297 e. The number of sulfonamides is 1. The summed E-state index contributed by atoms with van der Waals surface area (Å²) in [6.45, 7) is 1.30. The molecule has 0 amide bonds. The summed E-state index contributed by atoms with van der Waals surface area (Å²) in [5, 5.41) is 9.04. The van der Waals surface area contributed by atoms with Gasteiger partial charge in [0.05, 0.1) is 6.61 Å². The molecule has 1 aromatic carbocycles. The fraction of sp³-hybridized carbons (Fsp3) is 0.278. The van der Waals surface area contributed by atoms with Gasteiger partial charge in [-0.3, -0.25) is 4.72 Å². The van der Waals surface area contributed by atoms with E-state index < -0.39 is 27.8 Å². The topological polar surface area (TPSA) is 119 Å². The van der Waals surface area contributed by atoms with Crippen molar-refractivity contribution in [2.45, 2.75) is 29.1 Å². The molecule has 0 radical (unpaired) electrons. The summed E-state index contributed by atoms with van der Waals surface area (Å²) in [5.74, 6) is -2.08. The summed E-state index contributed by atoms with van der Waals surface area (Å²) >= 11 is 0.959. The van der Waals surface area contributed by atoms with Gasteiger partial charge >= 0.3 is 0 Å². The van der Waals surface area contributed by atoms with Crippen LogP contribution in [-0.2, 0) is 22.8 Å². The van der Waals surface area contributed by atoms with Gasteiger partial charge in [0.2, 0.25) is 11.0 Å². The van der Waals surface area contributed by atoms with Crippen LogP contribution in [0.3, 0.4) is 0 Å². The average Bonchev–Trinajstić information content (AvgIpc) is 3.15. The van der Waals surface area contributed by atoms with Gasteiger partial charge < -0.3 is 14.4 Å². The zero-order valence-corrected chi connectivity index (χ0v) is 18.1. The van der Waals surface area contributed by atoms with Gasteiger partial charge in [0, 0.05) is 36.8 Å². The number of aliphatic hydroxyl groups excluding tert-OH is 1. The molecule has 1 atom stereocenters. The predicted molar refractivity (Wildman–Crippen MR) is 109 cm³/mol. The molecule has 9 nitrogen and oxygen atoms in total. The van der Waals surface area contributed by atoms with Crippen molar-refractivity contribution in [1.29, 1.82) is 0 Å². The molecule has 0 spiro atoms. The van der Waals surface area contributed by atoms with E-state index in [-0.39, 0.29) is 39.9 Å². The van der Waals surface area contributed by atoms with Crippen molar-refractivity contribution in [3.8, 4) is 5.88 Å². The lowest BCUT2D eigenvalue weighted by Crippen LogP contribution is -2.20. The molecule has 0 saturated heterocycles. The predicted octanol–water partition coefficient (Wildman–Crippen LogP) is 2.34. The van der Waals surface area contributed by atoms with Crippen molar-refractivity contribution in [1.82, 2.24) is 19.5 Å². The minimum atomic E-state index is -4.06. The summed E-state index contributed by atoms with van der Waals surface area (Å²) in [5.41, 5.74) is 0.0961. The molecule has 0 bridgehead atoms. The lowest BCUT2D eigenvalue weighted by atomic mass is 10.2. The first-order valence-electron chi connectivity index (χ1n) is 8.92. The van der Waals surface area contributed by atoms with E-state index in [0.717, 1.165) is 17.8 Å². The number of nitrogens with one attached hydrogen (secondary N) is 1. The third-order valence-electron chi connectivity index (χ3n) is 3.91. The van der Waals surface area contributed by atoms with Gasteiger partial charge in [0.15, 0.2) is 16.8 Å². The van der Waals surface area contributed by atoms with Gasteiger partial charge in [0.1, 0.15) is 11.9 Å². The van der Waals surface area contributed by atoms with Crippen LogP contribution in [0.5, 0.6) is 5.88 Å². The van der Waals surface area contributed by atoms with Crippen LogP contribution in [0.2, 0.25) is 0 Å². The van der Waals surface area contributed by atoms with E-state index in [2.05, 4.69) is 19.7 Å². The minimum Gasteiger partial charge on any atom is -0.472 e. The Morgan fingerprint density at radius 2 is 2.10 bits per heavy atom. The van der Waals surface area contributed by atoms with Crippen LogP contribution in [0.4, 0.5) is 14.6 Å². The Morgan fingerprint density at radius 1 is 1.32 bits per heavy atom. The highest BCUT2D eigenvalue weighted by Crippen LogP contribution is 2.27. The van der Waals surface area contributed by atoms with Gasteiger partial charge in [-0.2, -0.15) is 13.4 Å². The number of halogens is 2. The van der Waals surface area contributed by atoms with Gasteiger partial charge in [-0.15, -0.1) is 0 Å². The number of benzene rings is 1. The molecule has 2 N–H and O–H groups in total. The second-order valence-electron chi connectivity index (χ2n) is 6.41. The number of nitrogens with zero attached hydrogens (tertiary/aromatic N) is 4. The van der Waals surface area contributed by atoms with Crippen LogP contribution in [0.1, 0.15) is 12.5 Å². The standard InChI is InChI=1S/C18H19F2N5O4S2/c1-11(9-26)29-15-8-14(24-31(27,28)18-21-6-7-25(18)2)22-17(23-15)30-10-12-4-3-5-13(19)16(12)20/h3-8,11,26H,9-10H2,1-2H3,(H,22,23,24)/t11-/m1/s1. The Hall–Kier alpha value is -2.77. The molecule has 0 aliphatic carbocycles. The molecule has 0 unspecified atom stereocenters. The number of aromatic nitrogens is 4. The van der Waals surface area contributed by atoms with Gasteiger partial charge in [-0.25, -0.2) is 18.7 Å². The number of imidazole rings is 1. The Balaban J connectivity index is 1.89. The average molecular weight is 472 g/mol. The van der Waals surface area contributed by atoms with E-state index in [9.17, 15) is 22.3 Å². The normalized spacial score (nSPS) is 12.5. The summed E-state index contributed by atoms with van der Waals surface area (Å²) in [7, 11) is -2.54. The third kappa shape index (κ3) is 5.68. The molecular formula is C18H19F2N5O4S2. The minimum absolute atomic E-state index is 0.00342. The zero-order chi connectivity index (χ0) is 22.6.